The molecule has 0 spiro atoms. The minimum absolute atomic E-state index is 0.00846. The van der Waals surface area contributed by atoms with Crippen molar-refractivity contribution in [1.29, 1.82) is 0 Å². The van der Waals surface area contributed by atoms with Crippen molar-refractivity contribution in [2.75, 3.05) is 17.4 Å². The van der Waals surface area contributed by atoms with Crippen LogP contribution in [0.25, 0.3) is 0 Å². The third kappa shape index (κ3) is 3.83. The summed E-state index contributed by atoms with van der Waals surface area (Å²) in [5, 5.41) is 0. The number of alkyl halides is 3. The molecule has 2 rings (SSSR count). The van der Waals surface area contributed by atoms with Gasteiger partial charge in [0.15, 0.2) is 0 Å². The normalized spacial score (nSPS) is 12.2. The number of rotatable bonds is 5. The van der Waals surface area contributed by atoms with Crippen molar-refractivity contribution in [3.05, 3.63) is 60.2 Å². The Labute approximate surface area is 132 Å². The molecule has 0 saturated carbocycles. The summed E-state index contributed by atoms with van der Waals surface area (Å²) in [5.74, 6) is 0. The van der Waals surface area contributed by atoms with Crippen molar-refractivity contribution in [1.82, 2.24) is 0 Å². The van der Waals surface area contributed by atoms with Gasteiger partial charge in [-0.1, -0.05) is 24.3 Å². The van der Waals surface area contributed by atoms with Crippen molar-refractivity contribution in [3.63, 3.8) is 0 Å². The average molecular weight is 344 g/mol. The second kappa shape index (κ2) is 6.59. The summed E-state index contributed by atoms with van der Waals surface area (Å²) in [6.07, 6.45) is -4.55. The van der Waals surface area contributed by atoms with Gasteiger partial charge in [0.05, 0.1) is 16.1 Å². The molecule has 0 bridgehead atoms. The SMILES string of the molecule is NCCN(c1cccc(C(F)(F)F)c1)S(=O)(=O)c1ccccc1. The predicted molar refractivity (Wildman–Crippen MR) is 81.5 cm³/mol. The van der Waals surface area contributed by atoms with Gasteiger partial charge in [-0.05, 0) is 30.3 Å². The van der Waals surface area contributed by atoms with E-state index in [0.29, 0.717) is 0 Å². The second-order valence-electron chi connectivity index (χ2n) is 4.73. The first-order valence-electron chi connectivity index (χ1n) is 6.72. The summed E-state index contributed by atoms with van der Waals surface area (Å²) in [5.41, 5.74) is 4.45. The molecule has 0 aliphatic heterocycles. The van der Waals surface area contributed by atoms with Crippen LogP contribution in [-0.4, -0.2) is 21.5 Å². The summed E-state index contributed by atoms with van der Waals surface area (Å²) in [4.78, 5) is -0.00846. The molecule has 0 unspecified atom stereocenters. The van der Waals surface area contributed by atoms with Gasteiger partial charge < -0.3 is 5.73 Å². The van der Waals surface area contributed by atoms with Crippen molar-refractivity contribution in [3.8, 4) is 0 Å². The molecule has 0 aliphatic rings. The lowest BCUT2D eigenvalue weighted by molar-refractivity contribution is -0.137. The van der Waals surface area contributed by atoms with E-state index in [1.54, 1.807) is 18.2 Å². The van der Waals surface area contributed by atoms with E-state index in [2.05, 4.69) is 0 Å². The van der Waals surface area contributed by atoms with E-state index in [4.69, 9.17) is 5.73 Å². The zero-order valence-corrected chi connectivity index (χ0v) is 12.8. The number of nitrogens with zero attached hydrogens (tertiary/aromatic N) is 1. The zero-order valence-electron chi connectivity index (χ0n) is 12.0. The Balaban J connectivity index is 2.51. The summed E-state index contributed by atoms with van der Waals surface area (Å²) in [6, 6.07) is 11.7. The van der Waals surface area contributed by atoms with E-state index >= 15 is 0 Å². The lowest BCUT2D eigenvalue weighted by Gasteiger charge is -2.24. The van der Waals surface area contributed by atoms with Crippen LogP contribution in [0.3, 0.4) is 0 Å². The molecule has 0 atom stereocenters. The van der Waals surface area contributed by atoms with E-state index in [-0.39, 0.29) is 23.7 Å². The summed E-state index contributed by atoms with van der Waals surface area (Å²) in [6.45, 7) is -0.152. The number of nitrogens with two attached hydrogens (primary N) is 1. The molecule has 23 heavy (non-hydrogen) atoms. The molecule has 0 aliphatic carbocycles. The van der Waals surface area contributed by atoms with E-state index in [1.807, 2.05) is 0 Å². The van der Waals surface area contributed by atoms with Crippen LogP contribution >= 0.6 is 0 Å². The average Bonchev–Trinajstić information content (AvgIpc) is 2.52. The van der Waals surface area contributed by atoms with Crippen LogP contribution in [0.1, 0.15) is 5.56 Å². The van der Waals surface area contributed by atoms with Crippen LogP contribution < -0.4 is 10.0 Å². The number of anilines is 1. The van der Waals surface area contributed by atoms with Gasteiger partial charge in [-0.3, -0.25) is 4.31 Å². The first-order valence-corrected chi connectivity index (χ1v) is 8.16. The summed E-state index contributed by atoms with van der Waals surface area (Å²) >= 11 is 0. The lowest BCUT2D eigenvalue weighted by atomic mass is 10.2. The fraction of sp³-hybridized carbons (Fsp3) is 0.200. The van der Waals surface area contributed by atoms with Gasteiger partial charge in [0.25, 0.3) is 10.0 Å². The van der Waals surface area contributed by atoms with E-state index in [1.165, 1.54) is 24.3 Å². The minimum Gasteiger partial charge on any atom is -0.329 e. The summed E-state index contributed by atoms with van der Waals surface area (Å²) < 4.78 is 64.8. The molecular weight excluding hydrogens is 329 g/mol. The predicted octanol–water partition coefficient (Wildman–Crippen LogP) is 2.86. The smallest absolute Gasteiger partial charge is 0.329 e. The molecule has 8 heteroatoms. The number of halogens is 3. The number of sulfonamides is 1. The highest BCUT2D eigenvalue weighted by Crippen LogP contribution is 2.33. The Bertz CT molecular complexity index is 762. The highest BCUT2D eigenvalue weighted by atomic mass is 32.2. The number of hydrogen-bond acceptors (Lipinski definition) is 3. The van der Waals surface area contributed by atoms with Crippen LogP contribution in [0.2, 0.25) is 0 Å². The Morgan fingerprint density at radius 3 is 2.22 bits per heavy atom. The topological polar surface area (TPSA) is 63.4 Å². The molecule has 0 heterocycles. The van der Waals surface area contributed by atoms with Gasteiger partial charge in [0.2, 0.25) is 0 Å². The van der Waals surface area contributed by atoms with Crippen LogP contribution in [0.5, 0.6) is 0 Å². The zero-order chi connectivity index (χ0) is 17.1. The Morgan fingerprint density at radius 2 is 1.65 bits per heavy atom. The van der Waals surface area contributed by atoms with Gasteiger partial charge in [0, 0.05) is 13.1 Å². The van der Waals surface area contributed by atoms with Crippen LogP contribution in [0.4, 0.5) is 18.9 Å². The van der Waals surface area contributed by atoms with E-state index < -0.39 is 21.8 Å². The molecule has 0 aromatic heterocycles. The fourth-order valence-electron chi connectivity index (χ4n) is 2.06. The fourth-order valence-corrected chi connectivity index (χ4v) is 3.55. The molecule has 124 valence electrons. The number of benzene rings is 2. The Morgan fingerprint density at radius 1 is 1.00 bits per heavy atom. The van der Waals surface area contributed by atoms with Crippen LogP contribution in [0, 0.1) is 0 Å². The molecule has 0 fully saturated rings. The van der Waals surface area contributed by atoms with Crippen molar-refractivity contribution in [2.45, 2.75) is 11.1 Å². The Hall–Kier alpha value is -2.06. The summed E-state index contributed by atoms with van der Waals surface area (Å²) in [7, 11) is -3.99. The molecule has 2 aromatic carbocycles. The van der Waals surface area contributed by atoms with Gasteiger partial charge in [-0.2, -0.15) is 13.2 Å². The maximum Gasteiger partial charge on any atom is 0.416 e. The van der Waals surface area contributed by atoms with Gasteiger partial charge in [-0.15, -0.1) is 0 Å². The maximum atomic E-state index is 12.8. The van der Waals surface area contributed by atoms with Gasteiger partial charge >= 0.3 is 6.18 Å². The van der Waals surface area contributed by atoms with Crippen LogP contribution in [-0.2, 0) is 16.2 Å². The maximum absolute atomic E-state index is 12.8. The standard InChI is InChI=1S/C15H15F3N2O2S/c16-15(17,18)12-5-4-6-13(11-12)20(10-9-19)23(21,22)14-7-2-1-3-8-14/h1-8,11H,9-10,19H2. The first kappa shape index (κ1) is 17.3. The van der Waals surface area contributed by atoms with E-state index in [0.717, 1.165) is 16.4 Å². The Kier molecular flexibility index (Phi) is 4.96. The first-order chi connectivity index (χ1) is 10.8. The lowest BCUT2D eigenvalue weighted by Crippen LogP contribution is -2.35. The molecule has 0 amide bonds. The largest absolute Gasteiger partial charge is 0.416 e. The molecular formula is C15H15F3N2O2S. The minimum atomic E-state index is -4.55. The van der Waals surface area contributed by atoms with Crippen LogP contribution in [0.15, 0.2) is 59.5 Å². The van der Waals surface area contributed by atoms with Gasteiger partial charge in [-0.25, -0.2) is 8.42 Å². The third-order valence-corrected chi connectivity index (χ3v) is 4.97. The molecule has 0 saturated heterocycles. The molecule has 4 nitrogen and oxygen atoms in total. The van der Waals surface area contributed by atoms with Gasteiger partial charge in [0.1, 0.15) is 0 Å². The van der Waals surface area contributed by atoms with Crippen molar-refractivity contribution >= 4 is 15.7 Å². The van der Waals surface area contributed by atoms with Crippen molar-refractivity contribution < 1.29 is 21.6 Å². The molecule has 0 radical (unpaired) electrons. The van der Waals surface area contributed by atoms with Crippen molar-refractivity contribution in [2.24, 2.45) is 5.73 Å². The van der Waals surface area contributed by atoms with E-state index in [9.17, 15) is 21.6 Å². The highest BCUT2D eigenvalue weighted by Gasteiger charge is 2.32. The highest BCUT2D eigenvalue weighted by molar-refractivity contribution is 7.92. The quantitative estimate of drug-likeness (QED) is 0.907. The molecule has 2 aromatic rings. The monoisotopic (exact) mass is 344 g/mol. The third-order valence-electron chi connectivity index (χ3n) is 3.12. The number of hydrogen-bond donors (Lipinski definition) is 1. The molecule has 2 N–H and O–H groups in total. The second-order valence-corrected chi connectivity index (χ2v) is 6.59.